The van der Waals surface area contributed by atoms with Crippen molar-refractivity contribution in [2.75, 3.05) is 14.2 Å². The number of hydrogen-bond donors (Lipinski definition) is 1. The minimum absolute atomic E-state index is 0.481. The Morgan fingerprint density at radius 1 is 1.35 bits per heavy atom. The van der Waals surface area contributed by atoms with E-state index in [1.54, 1.807) is 7.11 Å². The zero-order chi connectivity index (χ0) is 13.1. The van der Waals surface area contributed by atoms with E-state index in [1.807, 2.05) is 32.9 Å². The predicted molar refractivity (Wildman–Crippen MR) is 64.1 cm³/mol. The molecule has 0 spiro atoms. The molecule has 0 atom stereocenters. The normalized spacial score (nSPS) is 10.9. The van der Waals surface area contributed by atoms with Crippen molar-refractivity contribution in [3.8, 4) is 5.75 Å². The van der Waals surface area contributed by atoms with Crippen LogP contribution in [0.25, 0.3) is 0 Å². The number of pyridine rings is 1. The van der Waals surface area contributed by atoms with Gasteiger partial charge in [-0.1, -0.05) is 0 Å². The number of amides is 1. The van der Waals surface area contributed by atoms with Gasteiger partial charge < -0.3 is 14.8 Å². The van der Waals surface area contributed by atoms with Crippen LogP contribution in [0, 0.1) is 6.92 Å². The van der Waals surface area contributed by atoms with Crippen LogP contribution in [0.1, 0.15) is 25.2 Å². The second-order valence-corrected chi connectivity index (χ2v) is 4.23. The van der Waals surface area contributed by atoms with Gasteiger partial charge in [0.1, 0.15) is 5.75 Å². The number of aromatic nitrogens is 1. The average molecular weight is 238 g/mol. The average Bonchev–Trinajstić information content (AvgIpc) is 2.28. The molecule has 1 aromatic rings. The van der Waals surface area contributed by atoms with Gasteiger partial charge in [-0.2, -0.15) is 0 Å². The van der Waals surface area contributed by atoms with E-state index in [-0.39, 0.29) is 0 Å². The van der Waals surface area contributed by atoms with E-state index >= 15 is 0 Å². The summed E-state index contributed by atoms with van der Waals surface area (Å²) in [5.41, 5.74) is 0.940. The third-order valence-corrected chi connectivity index (χ3v) is 2.50. The van der Waals surface area contributed by atoms with Gasteiger partial charge in [0.25, 0.3) is 0 Å². The Morgan fingerprint density at radius 2 is 2.00 bits per heavy atom. The molecule has 1 heterocycles. The fourth-order valence-electron chi connectivity index (χ4n) is 1.48. The number of alkyl carbamates (subject to hydrolysis) is 1. The summed E-state index contributed by atoms with van der Waals surface area (Å²) >= 11 is 0. The minimum Gasteiger partial charge on any atom is -0.495 e. The molecule has 1 aromatic heterocycles. The lowest BCUT2D eigenvalue weighted by atomic mass is 10.00. The van der Waals surface area contributed by atoms with Crippen molar-refractivity contribution in [3.05, 3.63) is 23.5 Å². The van der Waals surface area contributed by atoms with Crippen molar-refractivity contribution >= 4 is 6.09 Å². The van der Waals surface area contributed by atoms with Crippen LogP contribution in [-0.2, 0) is 10.3 Å². The van der Waals surface area contributed by atoms with Gasteiger partial charge in [0.15, 0.2) is 0 Å². The molecular formula is C12H18N2O3. The molecule has 1 rings (SSSR count). The smallest absolute Gasteiger partial charge is 0.407 e. The van der Waals surface area contributed by atoms with E-state index in [0.717, 1.165) is 17.1 Å². The lowest BCUT2D eigenvalue weighted by Gasteiger charge is -2.25. The number of carbonyl (C=O) groups excluding carboxylic acids is 1. The van der Waals surface area contributed by atoms with Crippen LogP contribution in [0.5, 0.6) is 5.75 Å². The second kappa shape index (κ2) is 5.03. The number of nitrogens with zero attached hydrogens (tertiary/aromatic N) is 1. The Morgan fingerprint density at radius 3 is 2.47 bits per heavy atom. The third-order valence-electron chi connectivity index (χ3n) is 2.50. The molecule has 5 heteroatoms. The number of methoxy groups -OCH3 is 2. The topological polar surface area (TPSA) is 60.5 Å². The maximum atomic E-state index is 11.2. The summed E-state index contributed by atoms with van der Waals surface area (Å²) in [6, 6.07) is 3.65. The molecule has 0 saturated carbocycles. The highest BCUT2D eigenvalue weighted by molar-refractivity contribution is 5.68. The number of nitrogens with one attached hydrogen (secondary N) is 1. The fourth-order valence-corrected chi connectivity index (χ4v) is 1.48. The van der Waals surface area contributed by atoms with Crippen molar-refractivity contribution in [3.63, 3.8) is 0 Å². The first-order chi connectivity index (χ1) is 7.90. The molecule has 94 valence electrons. The van der Waals surface area contributed by atoms with E-state index in [0.29, 0.717) is 0 Å². The van der Waals surface area contributed by atoms with Crippen LogP contribution in [0.3, 0.4) is 0 Å². The maximum absolute atomic E-state index is 11.2. The van der Waals surface area contributed by atoms with Gasteiger partial charge in [-0.05, 0) is 32.9 Å². The van der Waals surface area contributed by atoms with Crippen molar-refractivity contribution in [2.24, 2.45) is 0 Å². The Hall–Kier alpha value is -1.78. The van der Waals surface area contributed by atoms with E-state index in [2.05, 4.69) is 15.0 Å². The van der Waals surface area contributed by atoms with E-state index < -0.39 is 11.6 Å². The molecule has 5 nitrogen and oxygen atoms in total. The number of ether oxygens (including phenoxy) is 2. The van der Waals surface area contributed by atoms with Gasteiger partial charge in [0, 0.05) is 0 Å². The first kappa shape index (κ1) is 13.3. The monoisotopic (exact) mass is 238 g/mol. The molecule has 0 unspecified atom stereocenters. The van der Waals surface area contributed by atoms with E-state index in [4.69, 9.17) is 4.74 Å². The van der Waals surface area contributed by atoms with Crippen molar-refractivity contribution in [1.29, 1.82) is 0 Å². The van der Waals surface area contributed by atoms with Crippen LogP contribution >= 0.6 is 0 Å². The van der Waals surface area contributed by atoms with E-state index in [9.17, 15) is 4.79 Å². The quantitative estimate of drug-likeness (QED) is 0.874. The highest BCUT2D eigenvalue weighted by Crippen LogP contribution is 2.22. The number of rotatable bonds is 3. The first-order valence-electron chi connectivity index (χ1n) is 5.29. The molecule has 0 aliphatic carbocycles. The Labute approximate surface area is 101 Å². The lowest BCUT2D eigenvalue weighted by molar-refractivity contribution is 0.159. The first-order valence-corrected chi connectivity index (χ1v) is 5.29. The van der Waals surface area contributed by atoms with Crippen molar-refractivity contribution < 1.29 is 14.3 Å². The zero-order valence-electron chi connectivity index (χ0n) is 10.8. The standard InChI is InChI=1S/C12H18N2O3/c1-8-9(16-4)6-7-10(13-8)12(2,3)14-11(15)17-5/h6-7H,1-5H3,(H,14,15). The van der Waals surface area contributed by atoms with Gasteiger partial charge in [-0.3, -0.25) is 4.98 Å². The second-order valence-electron chi connectivity index (χ2n) is 4.23. The molecule has 0 aromatic carbocycles. The summed E-state index contributed by atoms with van der Waals surface area (Å²) in [6.07, 6.45) is -0.481. The summed E-state index contributed by atoms with van der Waals surface area (Å²) in [4.78, 5) is 15.6. The van der Waals surface area contributed by atoms with Crippen LogP contribution in [-0.4, -0.2) is 25.3 Å². The fraction of sp³-hybridized carbons (Fsp3) is 0.500. The summed E-state index contributed by atoms with van der Waals surface area (Å²) in [5, 5.41) is 2.72. The molecule has 0 aliphatic rings. The third kappa shape index (κ3) is 3.09. The Kier molecular flexibility index (Phi) is 3.93. The Bertz CT molecular complexity index is 416. The number of hydrogen-bond acceptors (Lipinski definition) is 4. The van der Waals surface area contributed by atoms with Crippen LogP contribution in [0.4, 0.5) is 4.79 Å². The summed E-state index contributed by atoms with van der Waals surface area (Å²) in [6.45, 7) is 5.58. The summed E-state index contributed by atoms with van der Waals surface area (Å²) in [5.74, 6) is 0.725. The maximum Gasteiger partial charge on any atom is 0.407 e. The van der Waals surface area contributed by atoms with E-state index in [1.165, 1.54) is 7.11 Å². The van der Waals surface area contributed by atoms with Crippen LogP contribution in [0.2, 0.25) is 0 Å². The Balaban J connectivity index is 2.98. The van der Waals surface area contributed by atoms with Gasteiger partial charge in [-0.25, -0.2) is 4.79 Å². The molecule has 0 radical (unpaired) electrons. The van der Waals surface area contributed by atoms with Gasteiger partial charge in [0.05, 0.1) is 31.1 Å². The van der Waals surface area contributed by atoms with Gasteiger partial charge in [-0.15, -0.1) is 0 Å². The SMILES string of the molecule is COC(=O)NC(C)(C)c1ccc(OC)c(C)n1. The molecular weight excluding hydrogens is 220 g/mol. The molecule has 0 bridgehead atoms. The lowest BCUT2D eigenvalue weighted by Crippen LogP contribution is -2.41. The zero-order valence-corrected chi connectivity index (χ0v) is 10.8. The highest BCUT2D eigenvalue weighted by atomic mass is 16.5. The van der Waals surface area contributed by atoms with Crippen LogP contribution in [0.15, 0.2) is 12.1 Å². The molecule has 1 N–H and O–H groups in total. The molecule has 0 saturated heterocycles. The predicted octanol–water partition coefficient (Wildman–Crippen LogP) is 1.99. The molecule has 0 fully saturated rings. The van der Waals surface area contributed by atoms with Crippen molar-refractivity contribution in [2.45, 2.75) is 26.3 Å². The molecule has 1 amide bonds. The number of aryl methyl sites for hydroxylation is 1. The molecule has 17 heavy (non-hydrogen) atoms. The summed E-state index contributed by atoms with van der Waals surface area (Å²) < 4.78 is 9.72. The summed E-state index contributed by atoms with van der Waals surface area (Å²) in [7, 11) is 2.93. The number of carbonyl (C=O) groups is 1. The highest BCUT2D eigenvalue weighted by Gasteiger charge is 2.25. The van der Waals surface area contributed by atoms with Crippen LogP contribution < -0.4 is 10.1 Å². The minimum atomic E-state index is -0.593. The van der Waals surface area contributed by atoms with Gasteiger partial charge in [0.2, 0.25) is 0 Å². The van der Waals surface area contributed by atoms with Gasteiger partial charge >= 0.3 is 6.09 Å². The molecule has 0 aliphatic heterocycles. The largest absolute Gasteiger partial charge is 0.495 e. The van der Waals surface area contributed by atoms with Crippen molar-refractivity contribution in [1.82, 2.24) is 10.3 Å².